The van der Waals surface area contributed by atoms with Crippen LogP contribution in [0, 0.1) is 0 Å². The van der Waals surface area contributed by atoms with Gasteiger partial charge in [0.1, 0.15) is 0 Å². The van der Waals surface area contributed by atoms with Crippen molar-refractivity contribution in [3.8, 4) is 11.5 Å². The van der Waals surface area contributed by atoms with Gasteiger partial charge in [0.05, 0.1) is 24.8 Å². The van der Waals surface area contributed by atoms with Crippen LogP contribution in [0.3, 0.4) is 0 Å². The largest absolute Gasteiger partial charge is 0.504 e. The van der Waals surface area contributed by atoms with Gasteiger partial charge in [-0.25, -0.2) is 13.8 Å². The molecule has 0 radical (unpaired) electrons. The first-order valence-electron chi connectivity index (χ1n) is 10.3. The molecule has 3 aromatic rings. The zero-order valence-electron chi connectivity index (χ0n) is 18.4. The van der Waals surface area contributed by atoms with Crippen molar-refractivity contribution in [1.29, 1.82) is 0 Å². The molecular formula is C24H24ClN3O5S. The van der Waals surface area contributed by atoms with E-state index in [0.717, 1.165) is 9.87 Å². The molecule has 1 amide bonds. The molecule has 2 N–H and O–H groups in total. The Morgan fingerprint density at radius 1 is 1.12 bits per heavy atom. The average Bonchev–Trinajstić information content (AvgIpc) is 2.83. The number of hydrazone groups is 1. The molecule has 0 aliphatic carbocycles. The number of rotatable bonds is 10. The van der Waals surface area contributed by atoms with Gasteiger partial charge in [-0.3, -0.25) is 4.79 Å². The maximum Gasteiger partial charge on any atom is 0.255 e. The summed E-state index contributed by atoms with van der Waals surface area (Å²) in [5.41, 5.74) is 3.86. The van der Waals surface area contributed by atoms with E-state index >= 15 is 0 Å². The van der Waals surface area contributed by atoms with Crippen LogP contribution in [0.1, 0.15) is 11.1 Å². The Bertz CT molecular complexity index is 1250. The van der Waals surface area contributed by atoms with Crippen LogP contribution in [0.4, 0.5) is 0 Å². The maximum atomic E-state index is 13.2. The summed E-state index contributed by atoms with van der Waals surface area (Å²) in [5, 5.41) is 14.0. The fourth-order valence-electron chi connectivity index (χ4n) is 3.09. The van der Waals surface area contributed by atoms with E-state index in [0.29, 0.717) is 17.0 Å². The molecule has 10 heteroatoms. The summed E-state index contributed by atoms with van der Waals surface area (Å²) in [5.74, 6) is -0.367. The number of hydrogen-bond donors (Lipinski definition) is 2. The Morgan fingerprint density at radius 2 is 1.82 bits per heavy atom. The van der Waals surface area contributed by atoms with Crippen molar-refractivity contribution >= 4 is 33.7 Å². The number of amides is 1. The number of halogens is 1. The highest BCUT2D eigenvalue weighted by molar-refractivity contribution is 7.89. The monoisotopic (exact) mass is 501 g/mol. The molecule has 0 saturated carbocycles. The number of ether oxygens (including phenoxy) is 1. The summed E-state index contributed by atoms with van der Waals surface area (Å²) in [6.45, 7) is -0.324. The number of carbonyl (C=O) groups excluding carboxylic acids is 1. The predicted molar refractivity (Wildman–Crippen MR) is 131 cm³/mol. The molecule has 0 aliphatic rings. The van der Waals surface area contributed by atoms with Gasteiger partial charge >= 0.3 is 0 Å². The molecule has 8 nitrogen and oxygen atoms in total. The minimum absolute atomic E-state index is 0.0230. The normalized spacial score (nSPS) is 11.6. The fourth-order valence-corrected chi connectivity index (χ4v) is 4.61. The molecule has 3 aromatic carbocycles. The molecule has 0 bridgehead atoms. The van der Waals surface area contributed by atoms with Gasteiger partial charge in [-0.1, -0.05) is 41.9 Å². The topological polar surface area (TPSA) is 108 Å². The fraction of sp³-hybridized carbons (Fsp3) is 0.167. The third-order valence-corrected chi connectivity index (χ3v) is 6.98. The van der Waals surface area contributed by atoms with Gasteiger partial charge in [-0.2, -0.15) is 9.41 Å². The van der Waals surface area contributed by atoms with E-state index < -0.39 is 22.5 Å². The van der Waals surface area contributed by atoms with Gasteiger partial charge in [0.25, 0.3) is 5.91 Å². The van der Waals surface area contributed by atoms with Crippen LogP contribution in [0.15, 0.2) is 82.8 Å². The van der Waals surface area contributed by atoms with Crippen LogP contribution >= 0.6 is 11.6 Å². The molecule has 0 aliphatic heterocycles. The number of phenolic OH excluding ortho intramolecular Hbond substituents is 1. The van der Waals surface area contributed by atoms with E-state index in [-0.39, 0.29) is 22.9 Å². The number of sulfonamides is 1. The first-order valence-corrected chi connectivity index (χ1v) is 12.1. The summed E-state index contributed by atoms with van der Waals surface area (Å²) >= 11 is 5.89. The number of nitrogens with one attached hydrogen (secondary N) is 1. The Hall–Kier alpha value is -3.40. The van der Waals surface area contributed by atoms with Crippen molar-refractivity contribution in [3.05, 3.63) is 88.9 Å². The highest BCUT2D eigenvalue weighted by atomic mass is 35.5. The average molecular weight is 502 g/mol. The van der Waals surface area contributed by atoms with Crippen molar-refractivity contribution < 1.29 is 23.1 Å². The smallest absolute Gasteiger partial charge is 0.255 e. The van der Waals surface area contributed by atoms with E-state index in [9.17, 15) is 18.3 Å². The molecule has 0 saturated heterocycles. The van der Waals surface area contributed by atoms with Crippen molar-refractivity contribution in [2.75, 3.05) is 20.2 Å². The summed E-state index contributed by atoms with van der Waals surface area (Å²) in [7, 11) is -2.54. The van der Waals surface area contributed by atoms with Crippen molar-refractivity contribution in [1.82, 2.24) is 9.73 Å². The lowest BCUT2D eigenvalue weighted by molar-refractivity contribution is -0.121. The van der Waals surface area contributed by atoms with Crippen molar-refractivity contribution in [3.63, 3.8) is 0 Å². The van der Waals surface area contributed by atoms with E-state index in [4.69, 9.17) is 16.3 Å². The first-order chi connectivity index (χ1) is 16.3. The Balaban J connectivity index is 1.73. The number of carbonyl (C=O) groups is 1. The molecule has 0 heterocycles. The van der Waals surface area contributed by atoms with E-state index in [1.807, 2.05) is 30.3 Å². The van der Waals surface area contributed by atoms with Gasteiger partial charge in [0.15, 0.2) is 11.5 Å². The SMILES string of the molecule is COc1cc(/C=N\NC(=O)CN(CCc2ccccc2)S(=O)(=O)c2ccc(Cl)cc2)ccc1O. The molecule has 0 atom stereocenters. The summed E-state index contributed by atoms with van der Waals surface area (Å²) in [6.07, 6.45) is 1.79. The molecule has 0 spiro atoms. The molecule has 0 aromatic heterocycles. The lowest BCUT2D eigenvalue weighted by Gasteiger charge is -2.21. The van der Waals surface area contributed by atoms with Crippen LogP contribution in [0.5, 0.6) is 11.5 Å². The van der Waals surface area contributed by atoms with Crippen molar-refractivity contribution in [2.45, 2.75) is 11.3 Å². The lowest BCUT2D eigenvalue weighted by atomic mass is 10.1. The molecule has 0 fully saturated rings. The standard InChI is InChI=1S/C24H24ClN3O5S/c1-33-23-15-19(7-12-22(23)29)16-26-27-24(30)17-28(14-13-18-5-3-2-4-6-18)34(31,32)21-10-8-20(25)9-11-21/h2-12,15-16,29H,13-14,17H2,1H3,(H,27,30)/b26-16-. The Labute approximate surface area is 203 Å². The third-order valence-electron chi connectivity index (χ3n) is 4.87. The second kappa shape index (κ2) is 11.6. The molecule has 3 rings (SSSR count). The lowest BCUT2D eigenvalue weighted by Crippen LogP contribution is -2.40. The number of benzene rings is 3. The Kier molecular flexibility index (Phi) is 8.64. The van der Waals surface area contributed by atoms with Crippen molar-refractivity contribution in [2.24, 2.45) is 5.10 Å². The molecule has 0 unspecified atom stereocenters. The zero-order valence-corrected chi connectivity index (χ0v) is 20.0. The maximum absolute atomic E-state index is 13.2. The highest BCUT2D eigenvalue weighted by Gasteiger charge is 2.26. The quantitative estimate of drug-likeness (QED) is 0.327. The minimum atomic E-state index is -3.96. The number of methoxy groups -OCH3 is 1. The number of aromatic hydroxyl groups is 1. The van der Waals surface area contributed by atoms with Crippen LogP contribution in [0.25, 0.3) is 0 Å². The van der Waals surface area contributed by atoms with Gasteiger partial charge in [0, 0.05) is 11.6 Å². The van der Waals surface area contributed by atoms with Crippen LogP contribution in [-0.2, 0) is 21.2 Å². The van der Waals surface area contributed by atoms with E-state index in [1.165, 1.54) is 43.7 Å². The molecule has 34 heavy (non-hydrogen) atoms. The predicted octanol–water partition coefficient (Wildman–Crippen LogP) is 3.44. The second-order valence-electron chi connectivity index (χ2n) is 7.25. The van der Waals surface area contributed by atoms with Gasteiger partial charge in [0.2, 0.25) is 10.0 Å². The highest BCUT2D eigenvalue weighted by Crippen LogP contribution is 2.25. The summed E-state index contributed by atoms with van der Waals surface area (Å²) < 4.78 is 32.6. The van der Waals surface area contributed by atoms with E-state index in [2.05, 4.69) is 10.5 Å². The minimum Gasteiger partial charge on any atom is -0.504 e. The molecule has 178 valence electrons. The van der Waals surface area contributed by atoms with Gasteiger partial charge in [-0.05, 0) is 60.0 Å². The third kappa shape index (κ3) is 6.80. The van der Waals surface area contributed by atoms with Crippen LogP contribution in [0.2, 0.25) is 5.02 Å². The summed E-state index contributed by atoms with van der Waals surface area (Å²) in [4.78, 5) is 12.6. The van der Waals surface area contributed by atoms with Crippen LogP contribution in [-0.4, -0.2) is 50.2 Å². The zero-order chi connectivity index (χ0) is 24.6. The first kappa shape index (κ1) is 25.2. The van der Waals surface area contributed by atoms with Gasteiger partial charge < -0.3 is 9.84 Å². The van der Waals surface area contributed by atoms with Gasteiger partial charge in [-0.15, -0.1) is 0 Å². The number of phenols is 1. The number of nitrogens with zero attached hydrogens (tertiary/aromatic N) is 2. The number of hydrogen-bond acceptors (Lipinski definition) is 6. The Morgan fingerprint density at radius 3 is 2.50 bits per heavy atom. The second-order valence-corrected chi connectivity index (χ2v) is 9.63. The van der Waals surface area contributed by atoms with Crippen LogP contribution < -0.4 is 10.2 Å². The summed E-state index contributed by atoms with van der Waals surface area (Å²) in [6, 6.07) is 19.7. The van der Waals surface area contributed by atoms with E-state index in [1.54, 1.807) is 12.1 Å². The molecular weight excluding hydrogens is 478 g/mol.